The largest absolute Gasteiger partial charge is 0.497 e. The second-order valence-corrected chi connectivity index (χ2v) is 4.39. The van der Waals surface area contributed by atoms with E-state index in [9.17, 15) is 9.18 Å². The maximum atomic E-state index is 13.0. The molecule has 6 heteroatoms. The number of methoxy groups -OCH3 is 1. The van der Waals surface area contributed by atoms with E-state index in [2.05, 4.69) is 10.1 Å². The van der Waals surface area contributed by atoms with Crippen LogP contribution >= 0.6 is 0 Å². The van der Waals surface area contributed by atoms with Gasteiger partial charge in [0.2, 0.25) is 0 Å². The molecule has 0 saturated heterocycles. The van der Waals surface area contributed by atoms with Gasteiger partial charge in [-0.25, -0.2) is 19.0 Å². The van der Waals surface area contributed by atoms with E-state index >= 15 is 0 Å². The summed E-state index contributed by atoms with van der Waals surface area (Å²) in [7, 11) is 1.58. The third-order valence-electron chi connectivity index (χ3n) is 3.06. The first kappa shape index (κ1) is 13.1. The minimum atomic E-state index is -0.467. The Morgan fingerprint density at radius 3 is 2.38 bits per heavy atom. The van der Waals surface area contributed by atoms with E-state index in [1.54, 1.807) is 48.2 Å². The predicted octanol–water partition coefficient (Wildman–Crippen LogP) is 2.38. The van der Waals surface area contributed by atoms with Gasteiger partial charge in [-0.05, 0) is 48.5 Å². The third-order valence-corrected chi connectivity index (χ3v) is 3.06. The van der Waals surface area contributed by atoms with Crippen molar-refractivity contribution in [1.29, 1.82) is 0 Å². The lowest BCUT2D eigenvalue weighted by atomic mass is 10.2. The minimum absolute atomic E-state index is 0.340. The molecule has 0 radical (unpaired) electrons. The van der Waals surface area contributed by atoms with Crippen LogP contribution in [-0.2, 0) is 0 Å². The predicted molar refractivity (Wildman–Crippen MR) is 76.1 cm³/mol. The van der Waals surface area contributed by atoms with Crippen molar-refractivity contribution in [3.05, 3.63) is 64.8 Å². The van der Waals surface area contributed by atoms with Gasteiger partial charge >= 0.3 is 5.69 Å². The van der Waals surface area contributed by atoms with Crippen LogP contribution in [0.3, 0.4) is 0 Å². The van der Waals surface area contributed by atoms with Gasteiger partial charge in [0.15, 0.2) is 5.82 Å². The van der Waals surface area contributed by atoms with Crippen LogP contribution in [0.15, 0.2) is 53.3 Å². The summed E-state index contributed by atoms with van der Waals surface area (Å²) >= 11 is 0. The zero-order valence-electron chi connectivity index (χ0n) is 11.2. The topological polar surface area (TPSA) is 59.9 Å². The highest BCUT2D eigenvalue weighted by atomic mass is 19.1. The Morgan fingerprint density at radius 1 is 1.10 bits per heavy atom. The summed E-state index contributed by atoms with van der Waals surface area (Å²) in [5, 5.41) is 2.63. The fourth-order valence-corrected chi connectivity index (χ4v) is 2.03. The van der Waals surface area contributed by atoms with E-state index in [0.29, 0.717) is 17.1 Å². The Hall–Kier alpha value is -2.89. The molecule has 106 valence electrons. The van der Waals surface area contributed by atoms with Crippen molar-refractivity contribution >= 4 is 0 Å². The zero-order chi connectivity index (χ0) is 14.8. The van der Waals surface area contributed by atoms with E-state index in [4.69, 9.17) is 4.74 Å². The van der Waals surface area contributed by atoms with E-state index in [1.165, 1.54) is 12.1 Å². The number of rotatable bonds is 3. The fourth-order valence-electron chi connectivity index (χ4n) is 2.03. The molecule has 0 bridgehead atoms. The lowest BCUT2D eigenvalue weighted by Crippen LogP contribution is -2.05. The Balaban J connectivity index is 2.10. The maximum Gasteiger partial charge on any atom is 0.362 e. The highest BCUT2D eigenvalue weighted by molar-refractivity contribution is 5.57. The van der Waals surface area contributed by atoms with Crippen molar-refractivity contribution in [3.63, 3.8) is 0 Å². The third kappa shape index (κ3) is 2.55. The molecule has 21 heavy (non-hydrogen) atoms. The van der Waals surface area contributed by atoms with Gasteiger partial charge in [-0.15, -0.1) is 0 Å². The van der Waals surface area contributed by atoms with E-state index in [1.807, 2.05) is 0 Å². The lowest BCUT2D eigenvalue weighted by molar-refractivity contribution is 0.414. The molecule has 1 aromatic heterocycles. The van der Waals surface area contributed by atoms with Crippen molar-refractivity contribution in [2.45, 2.75) is 0 Å². The molecular formula is C15H12FN3O2. The number of hydrogen-bond acceptors (Lipinski definition) is 3. The Kier molecular flexibility index (Phi) is 3.27. The summed E-state index contributed by atoms with van der Waals surface area (Å²) in [6.07, 6.45) is 0. The van der Waals surface area contributed by atoms with Gasteiger partial charge in [0.1, 0.15) is 11.6 Å². The Bertz CT molecular complexity index is 804. The van der Waals surface area contributed by atoms with Crippen molar-refractivity contribution in [2.24, 2.45) is 0 Å². The number of ether oxygens (including phenoxy) is 1. The van der Waals surface area contributed by atoms with Crippen LogP contribution in [0.4, 0.5) is 4.39 Å². The van der Waals surface area contributed by atoms with Gasteiger partial charge in [-0.1, -0.05) is 0 Å². The smallest absolute Gasteiger partial charge is 0.362 e. The SMILES string of the molecule is COc1ccc(-n2[nH]c(=O)nc2-c2ccc(F)cc2)cc1. The number of aromatic nitrogens is 3. The molecule has 0 amide bonds. The fraction of sp³-hybridized carbons (Fsp3) is 0.0667. The minimum Gasteiger partial charge on any atom is -0.497 e. The average Bonchev–Trinajstić information content (AvgIpc) is 2.90. The van der Waals surface area contributed by atoms with E-state index < -0.39 is 5.69 Å². The van der Waals surface area contributed by atoms with E-state index in [-0.39, 0.29) is 5.82 Å². The first-order chi connectivity index (χ1) is 10.2. The summed E-state index contributed by atoms with van der Waals surface area (Å²) < 4.78 is 19.7. The van der Waals surface area contributed by atoms with Crippen LogP contribution in [0, 0.1) is 5.82 Å². The molecule has 2 aromatic carbocycles. The maximum absolute atomic E-state index is 13.0. The quantitative estimate of drug-likeness (QED) is 0.803. The molecule has 0 saturated carbocycles. The molecule has 0 aliphatic rings. The summed E-state index contributed by atoms with van der Waals surface area (Å²) in [6, 6.07) is 13.0. The molecule has 0 fully saturated rings. The standard InChI is InChI=1S/C15H12FN3O2/c1-21-13-8-6-12(7-9-13)19-14(17-15(20)18-19)10-2-4-11(16)5-3-10/h2-9H,1H3,(H,18,20). The van der Waals surface area contributed by atoms with Crippen LogP contribution in [0.25, 0.3) is 17.1 Å². The van der Waals surface area contributed by atoms with Crippen LogP contribution in [0.2, 0.25) is 0 Å². The van der Waals surface area contributed by atoms with Crippen molar-refractivity contribution in [1.82, 2.24) is 14.8 Å². The molecule has 0 aliphatic carbocycles. The van der Waals surface area contributed by atoms with Gasteiger partial charge in [-0.3, -0.25) is 0 Å². The molecule has 3 aromatic rings. The van der Waals surface area contributed by atoms with Gasteiger partial charge in [-0.2, -0.15) is 4.98 Å². The molecule has 0 aliphatic heterocycles. The molecule has 5 nitrogen and oxygen atoms in total. The highest BCUT2D eigenvalue weighted by Gasteiger charge is 2.11. The lowest BCUT2D eigenvalue weighted by Gasteiger charge is -2.07. The summed E-state index contributed by atoms with van der Waals surface area (Å²) in [4.78, 5) is 15.5. The number of hydrogen-bond donors (Lipinski definition) is 1. The number of nitrogens with zero attached hydrogens (tertiary/aromatic N) is 2. The molecule has 0 unspecified atom stereocenters. The van der Waals surface area contributed by atoms with Gasteiger partial charge in [0.25, 0.3) is 0 Å². The van der Waals surface area contributed by atoms with Crippen LogP contribution in [-0.4, -0.2) is 21.9 Å². The van der Waals surface area contributed by atoms with Crippen molar-refractivity contribution in [2.75, 3.05) is 7.11 Å². The highest BCUT2D eigenvalue weighted by Crippen LogP contribution is 2.21. The second kappa shape index (κ2) is 5.24. The Morgan fingerprint density at radius 2 is 1.76 bits per heavy atom. The average molecular weight is 285 g/mol. The van der Waals surface area contributed by atoms with Crippen molar-refractivity contribution < 1.29 is 9.13 Å². The number of aromatic amines is 1. The molecule has 1 N–H and O–H groups in total. The normalized spacial score (nSPS) is 10.6. The van der Waals surface area contributed by atoms with Crippen molar-refractivity contribution in [3.8, 4) is 22.8 Å². The molecule has 0 spiro atoms. The number of H-pyrrole nitrogens is 1. The summed E-state index contributed by atoms with van der Waals surface area (Å²) in [5.41, 5.74) is 0.903. The first-order valence-electron chi connectivity index (χ1n) is 6.27. The van der Waals surface area contributed by atoms with Crippen LogP contribution in [0.1, 0.15) is 0 Å². The van der Waals surface area contributed by atoms with Crippen LogP contribution in [0.5, 0.6) is 5.75 Å². The molecule has 3 rings (SSSR count). The number of nitrogens with one attached hydrogen (secondary N) is 1. The van der Waals surface area contributed by atoms with Gasteiger partial charge in [0, 0.05) is 5.56 Å². The zero-order valence-corrected chi connectivity index (χ0v) is 11.2. The number of benzene rings is 2. The molecule has 1 heterocycles. The van der Waals surface area contributed by atoms with Gasteiger partial charge in [0.05, 0.1) is 12.8 Å². The summed E-state index contributed by atoms with van der Waals surface area (Å²) in [5.74, 6) is 0.794. The molecular weight excluding hydrogens is 273 g/mol. The van der Waals surface area contributed by atoms with Crippen LogP contribution < -0.4 is 10.4 Å². The summed E-state index contributed by atoms with van der Waals surface area (Å²) in [6.45, 7) is 0. The monoisotopic (exact) mass is 285 g/mol. The van der Waals surface area contributed by atoms with Gasteiger partial charge < -0.3 is 4.74 Å². The second-order valence-electron chi connectivity index (χ2n) is 4.39. The number of halogens is 1. The first-order valence-corrected chi connectivity index (χ1v) is 6.27. The Labute approximate surface area is 119 Å². The van der Waals surface area contributed by atoms with E-state index in [0.717, 1.165) is 5.69 Å². The molecule has 0 atom stereocenters.